The van der Waals surface area contributed by atoms with Gasteiger partial charge in [-0.3, -0.25) is 9.59 Å². The molecule has 0 saturated carbocycles. The van der Waals surface area contributed by atoms with Gasteiger partial charge in [-0.1, -0.05) is 77.0 Å². The number of aliphatic hydroxyl groups is 4. The number of allylic oxidation sites excluding steroid dienone is 3. The van der Waals surface area contributed by atoms with E-state index in [1.54, 1.807) is 45.9 Å². The fraction of sp³-hybridized carbons (Fsp3) is 0.681. The van der Waals surface area contributed by atoms with E-state index in [1.165, 1.54) is 33.1 Å². The molecular formula is C47H68O17. The van der Waals surface area contributed by atoms with Gasteiger partial charge in [0.2, 0.25) is 5.79 Å². The fourth-order valence-corrected chi connectivity index (χ4v) is 8.57. The van der Waals surface area contributed by atoms with Gasteiger partial charge >= 0.3 is 29.8 Å². The lowest BCUT2D eigenvalue weighted by molar-refractivity contribution is -0.348. The van der Waals surface area contributed by atoms with Crippen LogP contribution in [0.1, 0.15) is 113 Å². The Bertz CT molecular complexity index is 1830. The minimum Gasteiger partial charge on any atom is -0.466 e. The molecule has 3 saturated heterocycles. The van der Waals surface area contributed by atoms with Crippen LogP contribution in [0.5, 0.6) is 0 Å². The van der Waals surface area contributed by atoms with E-state index in [-0.39, 0.29) is 50.5 Å². The summed E-state index contributed by atoms with van der Waals surface area (Å²) in [5, 5.41) is 47.5. The van der Waals surface area contributed by atoms with Crippen LogP contribution < -0.4 is 0 Å². The van der Waals surface area contributed by atoms with Crippen molar-refractivity contribution in [3.05, 3.63) is 59.8 Å². The van der Waals surface area contributed by atoms with E-state index in [2.05, 4.69) is 0 Å². The summed E-state index contributed by atoms with van der Waals surface area (Å²) in [6.45, 7) is 11.2. The van der Waals surface area contributed by atoms with Crippen molar-refractivity contribution in [3.63, 3.8) is 0 Å². The number of rotatable bonds is 9. The normalized spacial score (nSPS) is 35.8. The highest BCUT2D eigenvalue weighted by Crippen LogP contribution is 2.50. The summed E-state index contributed by atoms with van der Waals surface area (Å²) in [6, 6.07) is 0. The number of methoxy groups -OCH3 is 2. The second-order valence-electron chi connectivity index (χ2n) is 18.3. The average Bonchev–Trinajstić information content (AvgIpc) is 3.19. The summed E-state index contributed by atoms with van der Waals surface area (Å²) in [5.74, 6) is -8.31. The van der Waals surface area contributed by atoms with Gasteiger partial charge in [0.05, 0.1) is 62.7 Å². The van der Waals surface area contributed by atoms with Crippen LogP contribution in [-0.2, 0) is 61.9 Å². The number of fused-ring (bicyclic) bond motifs is 6. The molecule has 17 heteroatoms. The topological polar surface area (TPSA) is 240 Å². The number of carbonyl (C=O) groups excluding carboxylic acids is 5. The van der Waals surface area contributed by atoms with Crippen LogP contribution in [-0.4, -0.2) is 131 Å². The van der Waals surface area contributed by atoms with Gasteiger partial charge in [0.1, 0.15) is 12.2 Å². The summed E-state index contributed by atoms with van der Waals surface area (Å²) >= 11 is 0. The van der Waals surface area contributed by atoms with Crippen LogP contribution in [0, 0.1) is 10.8 Å². The van der Waals surface area contributed by atoms with E-state index in [4.69, 9.17) is 37.9 Å². The zero-order chi connectivity index (χ0) is 47.6. The summed E-state index contributed by atoms with van der Waals surface area (Å²) in [5.41, 5.74) is -2.06. The first kappa shape index (κ1) is 52.4. The molecule has 4 aliphatic heterocycles. The van der Waals surface area contributed by atoms with Crippen LogP contribution in [0.4, 0.5) is 0 Å². The van der Waals surface area contributed by atoms with Crippen molar-refractivity contribution in [1.82, 2.24) is 0 Å². The summed E-state index contributed by atoms with van der Waals surface area (Å²) in [7, 11) is 2.40. The molecule has 6 bridgehead atoms. The maximum Gasteiger partial charge on any atom is 0.331 e. The Morgan fingerprint density at radius 2 is 1.56 bits per heavy atom. The molecule has 0 radical (unpaired) electrons. The lowest BCUT2D eigenvalue weighted by atomic mass is 9.70. The van der Waals surface area contributed by atoms with Crippen molar-refractivity contribution < 1.29 is 82.3 Å². The minimum atomic E-state index is -2.47. The van der Waals surface area contributed by atoms with E-state index in [9.17, 15) is 44.4 Å². The predicted molar refractivity (Wildman–Crippen MR) is 228 cm³/mol. The maximum atomic E-state index is 13.4. The lowest BCUT2D eigenvalue weighted by Crippen LogP contribution is -2.62. The van der Waals surface area contributed by atoms with Gasteiger partial charge in [-0.05, 0) is 38.2 Å². The number of carbonyl (C=O) groups is 5. The predicted octanol–water partition coefficient (Wildman–Crippen LogP) is 4.28. The van der Waals surface area contributed by atoms with Gasteiger partial charge in [0.15, 0.2) is 11.9 Å². The molecule has 0 aliphatic carbocycles. The van der Waals surface area contributed by atoms with Crippen LogP contribution in [0.15, 0.2) is 59.8 Å². The largest absolute Gasteiger partial charge is 0.466 e. The van der Waals surface area contributed by atoms with Crippen LogP contribution >= 0.6 is 0 Å². The van der Waals surface area contributed by atoms with Crippen LogP contribution in [0.3, 0.4) is 0 Å². The van der Waals surface area contributed by atoms with E-state index < -0.39 is 114 Å². The minimum absolute atomic E-state index is 0.0721. The highest BCUT2D eigenvalue weighted by atomic mass is 16.7. The third kappa shape index (κ3) is 13.4. The first-order valence-corrected chi connectivity index (χ1v) is 21.9. The van der Waals surface area contributed by atoms with E-state index in [0.29, 0.717) is 5.57 Å². The third-order valence-corrected chi connectivity index (χ3v) is 12.4. The molecule has 0 aromatic carbocycles. The highest BCUT2D eigenvalue weighted by Gasteiger charge is 2.59. The number of unbranched alkanes of at least 4 members (excludes halogenated alkanes) is 1. The number of esters is 5. The maximum absolute atomic E-state index is 13.4. The second-order valence-corrected chi connectivity index (χ2v) is 18.3. The zero-order valence-corrected chi connectivity index (χ0v) is 38.5. The molecule has 3 fully saturated rings. The van der Waals surface area contributed by atoms with Crippen LogP contribution in [0.25, 0.3) is 0 Å². The van der Waals surface area contributed by atoms with Crippen molar-refractivity contribution in [2.45, 2.75) is 179 Å². The van der Waals surface area contributed by atoms with Crippen molar-refractivity contribution in [2.75, 3.05) is 14.2 Å². The molecule has 64 heavy (non-hydrogen) atoms. The van der Waals surface area contributed by atoms with Gasteiger partial charge in [0.25, 0.3) is 0 Å². The molecule has 4 N–H and O–H groups in total. The molecule has 0 spiro atoms. The molecule has 0 amide bonds. The molecule has 358 valence electrons. The van der Waals surface area contributed by atoms with Gasteiger partial charge in [-0.15, -0.1) is 0 Å². The van der Waals surface area contributed by atoms with E-state index in [0.717, 1.165) is 32.1 Å². The Kier molecular flexibility index (Phi) is 18.3. The molecular weight excluding hydrogens is 836 g/mol. The average molecular weight is 905 g/mol. The van der Waals surface area contributed by atoms with Crippen LogP contribution in [0.2, 0.25) is 0 Å². The number of aliphatic hydroxyl groups excluding tert-OH is 2. The highest BCUT2D eigenvalue weighted by molar-refractivity contribution is 5.85. The Balaban J connectivity index is 1.89. The number of hydrogen-bond donors (Lipinski definition) is 4. The molecule has 4 aliphatic rings. The molecule has 17 nitrogen and oxygen atoms in total. The van der Waals surface area contributed by atoms with Gasteiger partial charge in [-0.2, -0.15) is 0 Å². The lowest BCUT2D eigenvalue weighted by Gasteiger charge is -2.53. The Hall–Kier alpha value is -4.23. The Morgan fingerprint density at radius 3 is 2.20 bits per heavy atom. The smallest absolute Gasteiger partial charge is 0.331 e. The Labute approximate surface area is 375 Å². The zero-order valence-electron chi connectivity index (χ0n) is 38.5. The Morgan fingerprint density at radius 1 is 0.875 bits per heavy atom. The molecule has 0 unspecified atom stereocenters. The second kappa shape index (κ2) is 22.3. The monoisotopic (exact) mass is 904 g/mol. The standard InChI is InChI=1S/C47H68O17/c1-10-11-12-13-14-15-39(51)62-43-31(22-41(53)58-9)21-34-25-37(28(2)48)61-42(54)24-32(50)23-35-26-38(59-29(3)49)45(6,7)46(55,63-35)27-36-19-30(20-40(52)57-8)18-33(60-36)16-17-44(4,5)47(43,56)64-34/h12-17,20,22,28,32-38,43,48,50,55-56H,10-11,18-19,21,23-27H2,1-9H3/b13-12+,15-14+,17-16+,30-20-,31-22+/t28-,32-,33+,34+,35-,36+,37-,38+,43+,46+,47-/m1/s1. The SMILES string of the molecule is CCC/C=C/C=C/C(=O)O[C@H]1/C(=C/C(=O)OC)C[C@H]2C[C@H]([C@@H](C)O)OC(=O)C[C@H](O)C[C@@H]3C[C@H](OC(C)=O)C(C)(C)[C@](O)(C[C@@H]4C/C(=C\C(=O)OC)C[C@H](/C=C/C(C)(C)[C@]1(O)O2)O4)O3. The third-order valence-electron chi connectivity index (χ3n) is 12.4. The first-order valence-electron chi connectivity index (χ1n) is 21.9. The quantitative estimate of drug-likeness (QED) is 0.0830. The van der Waals surface area contributed by atoms with Gasteiger partial charge in [0, 0.05) is 56.3 Å². The number of cyclic esters (lactones) is 1. The van der Waals surface area contributed by atoms with Gasteiger partial charge < -0.3 is 58.3 Å². The van der Waals surface area contributed by atoms with E-state index >= 15 is 0 Å². The van der Waals surface area contributed by atoms with Crippen molar-refractivity contribution in [3.8, 4) is 0 Å². The summed E-state index contributed by atoms with van der Waals surface area (Å²) in [6.07, 6.45) is 2.55. The molecule has 0 aromatic heterocycles. The number of hydrogen-bond acceptors (Lipinski definition) is 17. The van der Waals surface area contributed by atoms with E-state index in [1.807, 2.05) is 13.0 Å². The van der Waals surface area contributed by atoms with Crippen molar-refractivity contribution in [1.29, 1.82) is 0 Å². The summed E-state index contributed by atoms with van der Waals surface area (Å²) in [4.78, 5) is 64.7. The molecule has 11 atom stereocenters. The van der Waals surface area contributed by atoms with Crippen molar-refractivity contribution >= 4 is 29.8 Å². The summed E-state index contributed by atoms with van der Waals surface area (Å²) < 4.78 is 46.7. The van der Waals surface area contributed by atoms with Crippen molar-refractivity contribution in [2.24, 2.45) is 10.8 Å². The van der Waals surface area contributed by atoms with Gasteiger partial charge in [-0.25, -0.2) is 14.4 Å². The fourth-order valence-electron chi connectivity index (χ4n) is 8.57. The molecule has 4 heterocycles. The molecule has 4 rings (SSSR count). The number of ether oxygens (including phenoxy) is 8. The molecule has 0 aromatic rings. The first-order chi connectivity index (χ1) is 29.9.